The van der Waals surface area contributed by atoms with Gasteiger partial charge >= 0.3 is 6.09 Å². The third-order valence-electron chi connectivity index (χ3n) is 7.27. The highest BCUT2D eigenvalue weighted by atomic mass is 35.5. The van der Waals surface area contributed by atoms with Gasteiger partial charge in [-0.2, -0.15) is 0 Å². The molecule has 1 saturated carbocycles. The van der Waals surface area contributed by atoms with Crippen molar-refractivity contribution in [1.29, 1.82) is 0 Å². The van der Waals surface area contributed by atoms with Crippen molar-refractivity contribution in [3.63, 3.8) is 0 Å². The molecule has 0 spiro atoms. The van der Waals surface area contributed by atoms with Crippen molar-refractivity contribution in [3.05, 3.63) is 34.9 Å². The van der Waals surface area contributed by atoms with E-state index in [4.69, 9.17) is 22.8 Å². The van der Waals surface area contributed by atoms with Crippen molar-refractivity contribution in [2.45, 2.75) is 82.7 Å². The topological polar surface area (TPSA) is 96.5 Å². The van der Waals surface area contributed by atoms with Crippen molar-refractivity contribution >= 4 is 29.5 Å². The lowest BCUT2D eigenvalue weighted by molar-refractivity contribution is -0.125. The molecule has 1 heterocycles. The van der Waals surface area contributed by atoms with Crippen LogP contribution in [-0.4, -0.2) is 43.1 Å². The minimum Gasteiger partial charge on any atom is -0.449 e. The van der Waals surface area contributed by atoms with E-state index in [2.05, 4.69) is 21.9 Å². The molecule has 0 aromatic heterocycles. The minimum absolute atomic E-state index is 0.0349. The molecule has 1 aliphatic heterocycles. The standard InChI is InChI=1S/C28H38ClN3O4/c1-4-23(16-20-13-14-30-25(20)33)31-26(34)24(15-19-9-6-5-7-10-19)32-27(35)36-18-28(2,3)21-11-8-12-22(29)17-21/h1,8,11-12,17,19-20,23-24H,5-7,9-10,13-16,18H2,2-3H3,(H,30,33)(H,31,34)(H,32,35)/t20-,23+,24-/m0/s1. The highest BCUT2D eigenvalue weighted by Gasteiger charge is 2.31. The largest absolute Gasteiger partial charge is 0.449 e. The lowest BCUT2D eigenvalue weighted by atomic mass is 9.84. The van der Waals surface area contributed by atoms with E-state index in [0.717, 1.165) is 31.2 Å². The van der Waals surface area contributed by atoms with Crippen LogP contribution in [0, 0.1) is 24.2 Å². The zero-order valence-corrected chi connectivity index (χ0v) is 22.0. The Labute approximate surface area is 219 Å². The molecule has 1 saturated heterocycles. The first-order valence-corrected chi connectivity index (χ1v) is 13.3. The number of ether oxygens (including phenoxy) is 1. The zero-order chi connectivity index (χ0) is 26.1. The molecule has 0 radical (unpaired) electrons. The van der Waals surface area contributed by atoms with Crippen LogP contribution < -0.4 is 16.0 Å². The highest BCUT2D eigenvalue weighted by molar-refractivity contribution is 6.30. The summed E-state index contributed by atoms with van der Waals surface area (Å²) in [7, 11) is 0. The summed E-state index contributed by atoms with van der Waals surface area (Å²) in [6.07, 6.45) is 12.1. The second kappa shape index (κ2) is 13.0. The minimum atomic E-state index is -0.761. The molecule has 1 aromatic carbocycles. The highest BCUT2D eigenvalue weighted by Crippen LogP contribution is 2.28. The average molecular weight is 516 g/mol. The Bertz CT molecular complexity index is 968. The van der Waals surface area contributed by atoms with E-state index in [1.54, 1.807) is 6.07 Å². The Morgan fingerprint density at radius 3 is 2.58 bits per heavy atom. The smallest absolute Gasteiger partial charge is 0.407 e. The molecule has 7 nitrogen and oxygen atoms in total. The molecule has 3 N–H and O–H groups in total. The first-order valence-electron chi connectivity index (χ1n) is 12.9. The summed E-state index contributed by atoms with van der Waals surface area (Å²) in [6, 6.07) is 6.11. The van der Waals surface area contributed by atoms with Crippen LogP contribution in [0.4, 0.5) is 4.79 Å². The number of rotatable bonds is 10. The third-order valence-corrected chi connectivity index (χ3v) is 7.51. The van der Waals surface area contributed by atoms with Crippen LogP contribution in [-0.2, 0) is 19.7 Å². The van der Waals surface area contributed by atoms with E-state index >= 15 is 0 Å². The Kier molecular flexibility index (Phi) is 10.1. The maximum atomic E-state index is 13.2. The van der Waals surface area contributed by atoms with Gasteiger partial charge in [0.25, 0.3) is 0 Å². The van der Waals surface area contributed by atoms with Gasteiger partial charge in [0.2, 0.25) is 11.8 Å². The maximum absolute atomic E-state index is 13.2. The van der Waals surface area contributed by atoms with Gasteiger partial charge in [0.15, 0.2) is 0 Å². The number of amides is 3. The number of benzene rings is 1. The summed E-state index contributed by atoms with van der Waals surface area (Å²) < 4.78 is 5.56. The molecule has 1 aromatic rings. The van der Waals surface area contributed by atoms with Gasteiger partial charge in [-0.25, -0.2) is 4.79 Å². The molecule has 36 heavy (non-hydrogen) atoms. The van der Waals surface area contributed by atoms with E-state index in [0.29, 0.717) is 36.7 Å². The third kappa shape index (κ3) is 8.16. The molecule has 2 aliphatic rings. The van der Waals surface area contributed by atoms with Crippen LogP contribution in [0.15, 0.2) is 24.3 Å². The summed E-state index contributed by atoms with van der Waals surface area (Å²) in [5.74, 6) is 2.36. The van der Waals surface area contributed by atoms with Gasteiger partial charge in [-0.3, -0.25) is 9.59 Å². The number of hydrogen-bond donors (Lipinski definition) is 3. The molecule has 196 valence electrons. The molecule has 1 aliphatic carbocycles. The van der Waals surface area contributed by atoms with E-state index in [-0.39, 0.29) is 24.3 Å². The monoisotopic (exact) mass is 515 g/mol. The molecule has 3 rings (SSSR count). The van der Waals surface area contributed by atoms with Gasteiger partial charge in [-0.05, 0) is 42.9 Å². The Hall–Kier alpha value is -2.72. The van der Waals surface area contributed by atoms with Gasteiger partial charge in [0.1, 0.15) is 12.6 Å². The van der Waals surface area contributed by atoms with Gasteiger partial charge in [0.05, 0.1) is 6.04 Å². The number of halogens is 1. The molecule has 8 heteroatoms. The lowest BCUT2D eigenvalue weighted by Crippen LogP contribution is -2.51. The predicted molar refractivity (Wildman–Crippen MR) is 140 cm³/mol. The van der Waals surface area contributed by atoms with Crippen LogP contribution >= 0.6 is 11.6 Å². The fourth-order valence-corrected chi connectivity index (χ4v) is 5.20. The Morgan fingerprint density at radius 1 is 1.19 bits per heavy atom. The van der Waals surface area contributed by atoms with Gasteiger partial charge < -0.3 is 20.7 Å². The van der Waals surface area contributed by atoms with Crippen molar-refractivity contribution in [2.24, 2.45) is 11.8 Å². The van der Waals surface area contributed by atoms with Crippen molar-refractivity contribution < 1.29 is 19.1 Å². The summed E-state index contributed by atoms with van der Waals surface area (Å²) in [6.45, 7) is 4.68. The maximum Gasteiger partial charge on any atom is 0.407 e. The number of carbonyl (C=O) groups is 3. The number of terminal acetylenes is 1. The van der Waals surface area contributed by atoms with Gasteiger partial charge in [-0.15, -0.1) is 6.42 Å². The van der Waals surface area contributed by atoms with Crippen molar-refractivity contribution in [2.75, 3.05) is 13.2 Å². The number of hydrogen-bond acceptors (Lipinski definition) is 4. The van der Waals surface area contributed by atoms with Crippen LogP contribution in [0.2, 0.25) is 5.02 Å². The Morgan fingerprint density at radius 2 is 1.94 bits per heavy atom. The number of carbonyl (C=O) groups excluding carboxylic acids is 3. The normalized spacial score (nSPS) is 20.1. The second-order valence-corrected chi connectivity index (χ2v) is 11.1. The first kappa shape index (κ1) is 27.9. The fourth-order valence-electron chi connectivity index (χ4n) is 5.01. The van der Waals surface area contributed by atoms with Gasteiger partial charge in [0, 0.05) is 22.9 Å². The summed E-state index contributed by atoms with van der Waals surface area (Å²) in [5, 5.41) is 9.07. The SMILES string of the molecule is C#C[C@H](C[C@@H]1CCNC1=O)NC(=O)[C@H](CC1CCCCC1)NC(=O)OCC(C)(C)c1cccc(Cl)c1. The molecule has 3 amide bonds. The van der Waals surface area contributed by atoms with Gasteiger partial charge in [-0.1, -0.05) is 75.6 Å². The average Bonchev–Trinajstić information content (AvgIpc) is 3.26. The molecule has 3 atom stereocenters. The summed E-state index contributed by atoms with van der Waals surface area (Å²) in [5.41, 5.74) is 0.492. The van der Waals surface area contributed by atoms with E-state index in [1.807, 2.05) is 32.0 Å². The molecule has 2 fully saturated rings. The van der Waals surface area contributed by atoms with Crippen LogP contribution in [0.5, 0.6) is 0 Å². The fraction of sp³-hybridized carbons (Fsp3) is 0.607. The zero-order valence-electron chi connectivity index (χ0n) is 21.3. The van der Waals surface area contributed by atoms with E-state index in [1.165, 1.54) is 6.42 Å². The Balaban J connectivity index is 1.61. The van der Waals surface area contributed by atoms with Crippen LogP contribution in [0.3, 0.4) is 0 Å². The molecular weight excluding hydrogens is 478 g/mol. The van der Waals surface area contributed by atoms with Crippen molar-refractivity contribution in [3.8, 4) is 12.3 Å². The predicted octanol–water partition coefficient (Wildman–Crippen LogP) is 4.33. The second-order valence-electron chi connectivity index (χ2n) is 10.6. The van der Waals surface area contributed by atoms with Crippen LogP contribution in [0.1, 0.15) is 70.8 Å². The molecule has 0 bridgehead atoms. The van der Waals surface area contributed by atoms with Crippen molar-refractivity contribution in [1.82, 2.24) is 16.0 Å². The van der Waals surface area contributed by atoms with E-state index in [9.17, 15) is 14.4 Å². The quantitative estimate of drug-likeness (QED) is 0.404. The summed E-state index contributed by atoms with van der Waals surface area (Å²) in [4.78, 5) is 38.0. The number of nitrogens with one attached hydrogen (secondary N) is 3. The summed E-state index contributed by atoms with van der Waals surface area (Å²) >= 11 is 6.12. The lowest BCUT2D eigenvalue weighted by Gasteiger charge is -2.29. The molecular formula is C28H38ClN3O4. The van der Waals surface area contributed by atoms with Crippen LogP contribution in [0.25, 0.3) is 0 Å². The first-order chi connectivity index (χ1) is 17.2. The number of alkyl carbamates (subject to hydrolysis) is 1. The van der Waals surface area contributed by atoms with E-state index < -0.39 is 23.6 Å². The molecule has 0 unspecified atom stereocenters.